The summed E-state index contributed by atoms with van der Waals surface area (Å²) in [5.41, 5.74) is -2.47. The lowest BCUT2D eigenvalue weighted by Gasteiger charge is -2.17. The first-order valence-corrected chi connectivity index (χ1v) is 5.32. The third kappa shape index (κ3) is 1.69. The number of Topliss-reactive ketones (excluding diaryl/α,β-unsaturated/α-hetero) is 1. The predicted molar refractivity (Wildman–Crippen MR) is 56.0 cm³/mol. The molecule has 1 N–H and O–H groups in total. The summed E-state index contributed by atoms with van der Waals surface area (Å²) in [5.74, 6) is -4.40. The molecule has 0 radical (unpaired) electrons. The van der Waals surface area contributed by atoms with Crippen LogP contribution in [0, 0.1) is 11.6 Å². The molecule has 96 valence electrons. The minimum Gasteiger partial charge on any atom is -0.463 e. The molecule has 0 bridgehead atoms. The highest BCUT2D eigenvalue weighted by Gasteiger charge is 2.51. The van der Waals surface area contributed by atoms with Crippen LogP contribution >= 0.6 is 0 Å². The van der Waals surface area contributed by atoms with Gasteiger partial charge < -0.3 is 9.84 Å². The van der Waals surface area contributed by atoms with Crippen molar-refractivity contribution in [3.63, 3.8) is 0 Å². The average molecular weight is 256 g/mol. The van der Waals surface area contributed by atoms with Gasteiger partial charge in [-0.25, -0.2) is 13.6 Å². The Morgan fingerprint density at radius 1 is 1.44 bits per heavy atom. The Morgan fingerprint density at radius 3 is 2.67 bits per heavy atom. The van der Waals surface area contributed by atoms with E-state index in [1.54, 1.807) is 0 Å². The van der Waals surface area contributed by atoms with Gasteiger partial charge in [-0.2, -0.15) is 0 Å². The fourth-order valence-corrected chi connectivity index (χ4v) is 1.94. The predicted octanol–water partition coefficient (Wildman–Crippen LogP) is 0.998. The number of hydrogen-bond acceptors (Lipinski definition) is 4. The van der Waals surface area contributed by atoms with Gasteiger partial charge in [0, 0.05) is 12.0 Å². The van der Waals surface area contributed by atoms with E-state index >= 15 is 0 Å². The van der Waals surface area contributed by atoms with Crippen LogP contribution < -0.4 is 0 Å². The number of ketones is 1. The summed E-state index contributed by atoms with van der Waals surface area (Å²) in [6, 6.07) is 1.49. The molecule has 2 rings (SSSR count). The van der Waals surface area contributed by atoms with Crippen LogP contribution in [-0.2, 0) is 16.0 Å². The highest BCUT2D eigenvalue weighted by Crippen LogP contribution is 2.32. The fraction of sp³-hybridized carbons (Fsp3) is 0.333. The Balaban J connectivity index is 2.44. The van der Waals surface area contributed by atoms with Crippen molar-refractivity contribution in [3.8, 4) is 0 Å². The molecule has 0 saturated carbocycles. The van der Waals surface area contributed by atoms with Gasteiger partial charge in [-0.05, 0) is 24.6 Å². The van der Waals surface area contributed by atoms with E-state index in [0.29, 0.717) is 6.07 Å². The molecule has 1 aliphatic rings. The number of ether oxygens (including phenoxy) is 1. The molecule has 1 aliphatic carbocycles. The smallest absolute Gasteiger partial charge is 0.346 e. The van der Waals surface area contributed by atoms with Crippen LogP contribution in [-0.4, -0.2) is 29.1 Å². The van der Waals surface area contributed by atoms with E-state index in [4.69, 9.17) is 0 Å². The summed E-state index contributed by atoms with van der Waals surface area (Å²) >= 11 is 0. The summed E-state index contributed by atoms with van der Waals surface area (Å²) in [6.45, 7) is 1.51. The Labute approximate surface area is 101 Å². The van der Waals surface area contributed by atoms with Gasteiger partial charge in [0.25, 0.3) is 0 Å². The molecular formula is C12H10F2O4. The van der Waals surface area contributed by atoms with Gasteiger partial charge in [-0.3, -0.25) is 4.79 Å². The molecule has 0 fully saturated rings. The van der Waals surface area contributed by atoms with Crippen LogP contribution in [0.15, 0.2) is 12.1 Å². The molecule has 18 heavy (non-hydrogen) atoms. The van der Waals surface area contributed by atoms with E-state index in [0.717, 1.165) is 6.07 Å². The zero-order valence-corrected chi connectivity index (χ0v) is 9.50. The summed E-state index contributed by atoms with van der Waals surface area (Å²) in [4.78, 5) is 23.4. The second kappa shape index (κ2) is 4.13. The van der Waals surface area contributed by atoms with Crippen LogP contribution in [0.25, 0.3) is 0 Å². The van der Waals surface area contributed by atoms with E-state index in [2.05, 4.69) is 4.74 Å². The zero-order valence-electron chi connectivity index (χ0n) is 9.50. The number of carbonyl (C=O) groups is 2. The van der Waals surface area contributed by atoms with Crippen LogP contribution in [0.2, 0.25) is 0 Å². The van der Waals surface area contributed by atoms with Crippen LogP contribution in [0.5, 0.6) is 0 Å². The molecule has 1 atom stereocenters. The van der Waals surface area contributed by atoms with E-state index in [9.17, 15) is 23.5 Å². The minimum atomic E-state index is -2.38. The number of carbonyl (C=O) groups excluding carboxylic acids is 2. The van der Waals surface area contributed by atoms with Gasteiger partial charge in [0.15, 0.2) is 11.6 Å². The molecule has 4 nitrogen and oxygen atoms in total. The van der Waals surface area contributed by atoms with Crippen molar-refractivity contribution in [1.82, 2.24) is 0 Å². The Hall–Kier alpha value is -1.82. The normalized spacial score (nSPS) is 21.9. The highest BCUT2D eigenvalue weighted by atomic mass is 19.2. The summed E-state index contributed by atoms with van der Waals surface area (Å²) in [7, 11) is 0. The van der Waals surface area contributed by atoms with Crippen LogP contribution in [0.3, 0.4) is 0 Å². The summed E-state index contributed by atoms with van der Waals surface area (Å²) in [5, 5.41) is 9.99. The van der Waals surface area contributed by atoms with Crippen molar-refractivity contribution >= 4 is 11.8 Å². The third-order valence-electron chi connectivity index (χ3n) is 2.83. The van der Waals surface area contributed by atoms with Gasteiger partial charge in [0.1, 0.15) is 0 Å². The van der Waals surface area contributed by atoms with Crippen LogP contribution in [0.1, 0.15) is 22.8 Å². The number of hydrogen-bond donors (Lipinski definition) is 1. The number of rotatable bonds is 2. The second-order valence-corrected chi connectivity index (χ2v) is 4.01. The average Bonchev–Trinajstić information content (AvgIpc) is 2.55. The van der Waals surface area contributed by atoms with Crippen molar-refractivity contribution in [2.75, 3.05) is 6.61 Å². The fourth-order valence-electron chi connectivity index (χ4n) is 1.94. The first-order chi connectivity index (χ1) is 8.40. The minimum absolute atomic E-state index is 0.00646. The monoisotopic (exact) mass is 256 g/mol. The summed E-state index contributed by atoms with van der Waals surface area (Å²) in [6.07, 6.45) is -0.406. The van der Waals surface area contributed by atoms with Crippen LogP contribution in [0.4, 0.5) is 8.78 Å². The highest BCUT2D eigenvalue weighted by molar-refractivity contribution is 6.18. The molecule has 1 unspecified atom stereocenters. The molecule has 0 heterocycles. The molecule has 0 saturated heterocycles. The van der Waals surface area contributed by atoms with Gasteiger partial charge in [0.2, 0.25) is 11.4 Å². The van der Waals surface area contributed by atoms with Crippen molar-refractivity contribution in [2.45, 2.75) is 18.9 Å². The lowest BCUT2D eigenvalue weighted by molar-refractivity contribution is -0.159. The quantitative estimate of drug-likeness (QED) is 0.633. The number of aliphatic hydroxyl groups is 1. The molecule has 0 aliphatic heterocycles. The molecule has 0 spiro atoms. The molecule has 0 amide bonds. The summed E-state index contributed by atoms with van der Waals surface area (Å²) < 4.78 is 30.6. The standard InChI is InChI=1S/C12H10F2O4/c1-2-18-11(16)12(17)5-6-3-8(13)9(14)4-7(6)10(12)15/h3-4,17H,2,5H2,1H3. The number of esters is 1. The number of fused-ring (bicyclic) bond motifs is 1. The number of halogens is 2. The van der Waals surface area contributed by atoms with Crippen molar-refractivity contribution in [3.05, 3.63) is 34.9 Å². The maximum absolute atomic E-state index is 13.0. The second-order valence-electron chi connectivity index (χ2n) is 4.01. The molecule has 1 aromatic carbocycles. The van der Waals surface area contributed by atoms with Crippen molar-refractivity contribution in [1.29, 1.82) is 0 Å². The third-order valence-corrected chi connectivity index (χ3v) is 2.83. The van der Waals surface area contributed by atoms with Crippen molar-refractivity contribution in [2.24, 2.45) is 0 Å². The molecule has 0 aromatic heterocycles. The van der Waals surface area contributed by atoms with Gasteiger partial charge in [0.05, 0.1) is 6.61 Å². The topological polar surface area (TPSA) is 63.6 Å². The first kappa shape index (κ1) is 12.6. The first-order valence-electron chi connectivity index (χ1n) is 5.32. The largest absolute Gasteiger partial charge is 0.463 e. The SMILES string of the molecule is CCOC(=O)C1(O)Cc2cc(F)c(F)cc2C1=O. The molecule has 6 heteroatoms. The van der Waals surface area contributed by atoms with E-state index in [1.807, 2.05) is 0 Å². The zero-order chi connectivity index (χ0) is 13.5. The maximum Gasteiger partial charge on any atom is 0.346 e. The molecular weight excluding hydrogens is 246 g/mol. The van der Waals surface area contributed by atoms with E-state index in [-0.39, 0.29) is 17.7 Å². The Bertz CT molecular complexity index is 541. The Morgan fingerprint density at radius 2 is 2.06 bits per heavy atom. The van der Waals surface area contributed by atoms with Gasteiger partial charge >= 0.3 is 5.97 Å². The van der Waals surface area contributed by atoms with Gasteiger partial charge in [-0.15, -0.1) is 0 Å². The maximum atomic E-state index is 13.0. The Kier molecular flexibility index (Phi) is 2.90. The lowest BCUT2D eigenvalue weighted by atomic mass is 10.00. The number of benzene rings is 1. The van der Waals surface area contributed by atoms with E-state index < -0.39 is 35.4 Å². The van der Waals surface area contributed by atoms with Crippen molar-refractivity contribution < 1.29 is 28.2 Å². The molecule has 1 aromatic rings. The van der Waals surface area contributed by atoms with E-state index in [1.165, 1.54) is 6.92 Å². The lowest BCUT2D eigenvalue weighted by Crippen LogP contribution is -2.45. The van der Waals surface area contributed by atoms with Gasteiger partial charge in [-0.1, -0.05) is 0 Å².